The van der Waals surface area contributed by atoms with E-state index in [4.69, 9.17) is 4.98 Å². The quantitative estimate of drug-likeness (QED) is 0.919. The van der Waals surface area contributed by atoms with Crippen LogP contribution < -0.4 is 10.2 Å². The van der Waals surface area contributed by atoms with E-state index in [9.17, 15) is 0 Å². The first kappa shape index (κ1) is 13.1. The number of pyridine rings is 1. The van der Waals surface area contributed by atoms with Crippen LogP contribution in [0.2, 0.25) is 0 Å². The maximum atomic E-state index is 4.89. The summed E-state index contributed by atoms with van der Waals surface area (Å²) < 4.78 is 2.24. The molecule has 0 unspecified atom stereocenters. The number of hydrogen-bond donors (Lipinski definition) is 1. The van der Waals surface area contributed by atoms with E-state index >= 15 is 0 Å². The monoisotopic (exact) mass is 285 g/mol. The SMILES string of the molecule is CN1CCN(c2nc3ccccn3c2CNC2CC2)CC1. The molecule has 1 N–H and O–H groups in total. The van der Waals surface area contributed by atoms with Gasteiger partial charge in [-0.2, -0.15) is 0 Å². The van der Waals surface area contributed by atoms with Crippen LogP contribution in [0.1, 0.15) is 18.5 Å². The number of anilines is 1. The molecule has 2 fully saturated rings. The first-order chi connectivity index (χ1) is 10.3. The summed E-state index contributed by atoms with van der Waals surface area (Å²) in [6.07, 6.45) is 4.77. The van der Waals surface area contributed by atoms with Crippen LogP contribution >= 0.6 is 0 Å². The number of nitrogens with one attached hydrogen (secondary N) is 1. The molecular weight excluding hydrogens is 262 g/mol. The number of fused-ring (bicyclic) bond motifs is 1. The third-order valence-electron chi connectivity index (χ3n) is 4.55. The summed E-state index contributed by atoms with van der Waals surface area (Å²) in [6, 6.07) is 6.97. The van der Waals surface area contributed by atoms with Gasteiger partial charge in [-0.05, 0) is 32.0 Å². The normalized spacial score (nSPS) is 20.3. The molecule has 0 atom stereocenters. The van der Waals surface area contributed by atoms with Gasteiger partial charge in [0.1, 0.15) is 5.65 Å². The van der Waals surface area contributed by atoms with E-state index in [2.05, 4.69) is 51.0 Å². The molecule has 1 aliphatic heterocycles. The summed E-state index contributed by atoms with van der Waals surface area (Å²) in [4.78, 5) is 9.71. The highest BCUT2D eigenvalue weighted by molar-refractivity contribution is 5.56. The summed E-state index contributed by atoms with van der Waals surface area (Å²) in [5.74, 6) is 1.17. The number of aromatic nitrogens is 2. The summed E-state index contributed by atoms with van der Waals surface area (Å²) in [5, 5.41) is 3.64. The number of hydrogen-bond acceptors (Lipinski definition) is 4. The summed E-state index contributed by atoms with van der Waals surface area (Å²) >= 11 is 0. The molecule has 1 saturated carbocycles. The molecular formula is C16H23N5. The number of likely N-dealkylation sites (N-methyl/N-ethyl adjacent to an activating group) is 1. The Bertz CT molecular complexity index is 623. The number of rotatable bonds is 4. The Morgan fingerprint density at radius 1 is 1.19 bits per heavy atom. The largest absolute Gasteiger partial charge is 0.352 e. The van der Waals surface area contributed by atoms with E-state index in [0.717, 1.165) is 44.4 Å². The number of nitrogens with zero attached hydrogens (tertiary/aromatic N) is 4. The van der Waals surface area contributed by atoms with Gasteiger partial charge in [-0.1, -0.05) is 6.07 Å². The predicted molar refractivity (Wildman–Crippen MR) is 84.8 cm³/mol. The Hall–Kier alpha value is -1.59. The molecule has 4 rings (SSSR count). The Morgan fingerprint density at radius 3 is 2.76 bits per heavy atom. The van der Waals surface area contributed by atoms with Gasteiger partial charge in [0.15, 0.2) is 5.82 Å². The van der Waals surface area contributed by atoms with E-state index in [-0.39, 0.29) is 0 Å². The highest BCUT2D eigenvalue weighted by atomic mass is 15.3. The number of imidazole rings is 1. The van der Waals surface area contributed by atoms with Crippen LogP contribution in [-0.4, -0.2) is 53.6 Å². The second kappa shape index (κ2) is 5.31. The second-order valence-corrected chi connectivity index (χ2v) is 6.26. The van der Waals surface area contributed by atoms with Crippen molar-refractivity contribution in [3.05, 3.63) is 30.1 Å². The molecule has 3 heterocycles. The van der Waals surface area contributed by atoms with E-state index in [1.54, 1.807) is 0 Å². The average molecular weight is 285 g/mol. The molecule has 1 aliphatic carbocycles. The summed E-state index contributed by atoms with van der Waals surface area (Å²) in [6.45, 7) is 5.28. The van der Waals surface area contributed by atoms with Gasteiger partial charge < -0.3 is 19.5 Å². The van der Waals surface area contributed by atoms with Gasteiger partial charge >= 0.3 is 0 Å². The van der Waals surface area contributed by atoms with Crippen molar-refractivity contribution in [2.24, 2.45) is 0 Å². The zero-order chi connectivity index (χ0) is 14.2. The minimum Gasteiger partial charge on any atom is -0.352 e. The minimum absolute atomic E-state index is 0.722. The highest BCUT2D eigenvalue weighted by Gasteiger charge is 2.24. The predicted octanol–water partition coefficient (Wildman–Crippen LogP) is 1.34. The maximum Gasteiger partial charge on any atom is 0.152 e. The van der Waals surface area contributed by atoms with Crippen molar-refractivity contribution in [3.8, 4) is 0 Å². The fourth-order valence-corrected chi connectivity index (χ4v) is 3.00. The maximum absolute atomic E-state index is 4.89. The van der Waals surface area contributed by atoms with Crippen molar-refractivity contribution in [2.75, 3.05) is 38.1 Å². The van der Waals surface area contributed by atoms with Crippen molar-refractivity contribution >= 4 is 11.5 Å². The molecule has 5 heteroatoms. The van der Waals surface area contributed by atoms with Crippen LogP contribution in [0.15, 0.2) is 24.4 Å². The average Bonchev–Trinajstić information content (AvgIpc) is 3.26. The summed E-state index contributed by atoms with van der Waals surface area (Å²) in [7, 11) is 2.19. The molecule has 2 aromatic heterocycles. The van der Waals surface area contributed by atoms with Crippen molar-refractivity contribution in [2.45, 2.75) is 25.4 Å². The van der Waals surface area contributed by atoms with Crippen LogP contribution in [-0.2, 0) is 6.54 Å². The van der Waals surface area contributed by atoms with Crippen molar-refractivity contribution in [3.63, 3.8) is 0 Å². The second-order valence-electron chi connectivity index (χ2n) is 6.26. The minimum atomic E-state index is 0.722. The molecule has 0 radical (unpaired) electrons. The fraction of sp³-hybridized carbons (Fsp3) is 0.562. The zero-order valence-corrected chi connectivity index (χ0v) is 12.6. The highest BCUT2D eigenvalue weighted by Crippen LogP contribution is 2.25. The fourth-order valence-electron chi connectivity index (χ4n) is 3.00. The van der Waals surface area contributed by atoms with Crippen molar-refractivity contribution in [1.82, 2.24) is 19.6 Å². The van der Waals surface area contributed by atoms with E-state index in [1.807, 2.05) is 0 Å². The Morgan fingerprint density at radius 2 is 2.00 bits per heavy atom. The smallest absolute Gasteiger partial charge is 0.152 e. The van der Waals surface area contributed by atoms with E-state index < -0.39 is 0 Å². The molecule has 112 valence electrons. The molecule has 0 aromatic carbocycles. The molecule has 2 aromatic rings. The molecule has 1 saturated heterocycles. The van der Waals surface area contributed by atoms with Gasteiger partial charge in [0.25, 0.3) is 0 Å². The lowest BCUT2D eigenvalue weighted by molar-refractivity contribution is 0.312. The molecule has 0 amide bonds. The van der Waals surface area contributed by atoms with Gasteiger partial charge in [0.05, 0.1) is 5.69 Å². The van der Waals surface area contributed by atoms with E-state index in [1.165, 1.54) is 24.4 Å². The van der Waals surface area contributed by atoms with E-state index in [0.29, 0.717) is 0 Å². The summed E-state index contributed by atoms with van der Waals surface area (Å²) in [5.41, 5.74) is 2.36. The van der Waals surface area contributed by atoms with Gasteiger partial charge in [0.2, 0.25) is 0 Å². The van der Waals surface area contributed by atoms with Gasteiger partial charge in [-0.15, -0.1) is 0 Å². The standard InChI is InChI=1S/C16H23N5/c1-19-8-10-20(11-9-19)16-14(12-17-13-5-6-13)21-7-3-2-4-15(21)18-16/h2-4,7,13,17H,5-6,8-12H2,1H3. The molecule has 21 heavy (non-hydrogen) atoms. The first-order valence-electron chi connectivity index (χ1n) is 7.94. The zero-order valence-electron chi connectivity index (χ0n) is 12.6. The molecule has 0 spiro atoms. The van der Waals surface area contributed by atoms with Gasteiger partial charge in [-0.25, -0.2) is 4.98 Å². The lowest BCUT2D eigenvalue weighted by Crippen LogP contribution is -2.45. The van der Waals surface area contributed by atoms with Crippen molar-refractivity contribution < 1.29 is 0 Å². The third kappa shape index (κ3) is 2.63. The van der Waals surface area contributed by atoms with Crippen LogP contribution in [0.25, 0.3) is 5.65 Å². The Balaban J connectivity index is 1.66. The Labute approximate surface area is 125 Å². The molecule has 5 nitrogen and oxygen atoms in total. The van der Waals surface area contributed by atoms with Crippen LogP contribution in [0, 0.1) is 0 Å². The lowest BCUT2D eigenvalue weighted by atomic mass is 10.3. The van der Waals surface area contributed by atoms with Gasteiger partial charge in [0, 0.05) is 45.0 Å². The third-order valence-corrected chi connectivity index (χ3v) is 4.55. The topological polar surface area (TPSA) is 35.8 Å². The number of piperazine rings is 1. The molecule has 2 aliphatic rings. The van der Waals surface area contributed by atoms with Crippen LogP contribution in [0.4, 0.5) is 5.82 Å². The van der Waals surface area contributed by atoms with Crippen molar-refractivity contribution in [1.29, 1.82) is 0 Å². The van der Waals surface area contributed by atoms with Crippen LogP contribution in [0.3, 0.4) is 0 Å². The Kier molecular flexibility index (Phi) is 3.31. The lowest BCUT2D eigenvalue weighted by Gasteiger charge is -2.33. The van der Waals surface area contributed by atoms with Crippen LogP contribution in [0.5, 0.6) is 0 Å². The molecule has 0 bridgehead atoms. The first-order valence-corrected chi connectivity index (χ1v) is 7.94. The van der Waals surface area contributed by atoms with Gasteiger partial charge in [-0.3, -0.25) is 0 Å².